The monoisotopic (exact) mass is 676 g/mol. The Hall–Kier alpha value is -4.91. The summed E-state index contributed by atoms with van der Waals surface area (Å²) in [5, 5.41) is 10.4. The Morgan fingerprint density at radius 2 is 1.74 bits per heavy atom. The van der Waals surface area contributed by atoms with Crippen LogP contribution in [-0.2, 0) is 6.61 Å². The highest BCUT2D eigenvalue weighted by molar-refractivity contribution is 6.37. The second-order valence-corrected chi connectivity index (χ2v) is 11.3. The molecule has 2 N–H and O–H groups in total. The number of unbranched alkanes of at least 4 members (excludes halogenated alkanes) is 1. The molecule has 47 heavy (non-hydrogen) atoms. The van der Waals surface area contributed by atoms with Crippen LogP contribution in [0.1, 0.15) is 59.7 Å². The molecule has 1 unspecified atom stereocenters. The van der Waals surface area contributed by atoms with Crippen molar-refractivity contribution < 1.29 is 32.9 Å². The second kappa shape index (κ2) is 15.1. The molecule has 242 valence electrons. The minimum Gasteiger partial charge on any atom is -0.490 e. The lowest BCUT2D eigenvalue weighted by Gasteiger charge is -2.27. The summed E-state index contributed by atoms with van der Waals surface area (Å²) in [5.41, 5.74) is 8.21. The molecule has 0 aromatic heterocycles. The number of nitrogens with zero attached hydrogens (tertiary/aromatic N) is 1. The summed E-state index contributed by atoms with van der Waals surface area (Å²) in [6, 6.07) is 21.4. The van der Waals surface area contributed by atoms with Crippen LogP contribution in [0.2, 0.25) is 10.0 Å². The number of hydrogen-bond acceptors (Lipinski definition) is 8. The second-order valence-electron chi connectivity index (χ2n) is 10.5. The van der Waals surface area contributed by atoms with Crippen LogP contribution >= 0.6 is 23.2 Å². The summed E-state index contributed by atoms with van der Waals surface area (Å²) >= 11 is 12.7. The third-order valence-electron chi connectivity index (χ3n) is 7.32. The van der Waals surface area contributed by atoms with Crippen molar-refractivity contribution in [2.45, 2.75) is 39.2 Å². The summed E-state index contributed by atoms with van der Waals surface area (Å²) in [6.07, 6.45) is 1.77. The van der Waals surface area contributed by atoms with Crippen molar-refractivity contribution in [3.8, 4) is 34.8 Å². The van der Waals surface area contributed by atoms with Gasteiger partial charge in [0.05, 0.1) is 34.7 Å². The Morgan fingerprint density at radius 3 is 2.45 bits per heavy atom. The van der Waals surface area contributed by atoms with Crippen LogP contribution in [0.3, 0.4) is 0 Å². The number of hydrogen-bond donors (Lipinski definition) is 1. The van der Waals surface area contributed by atoms with E-state index < -0.39 is 11.9 Å². The van der Waals surface area contributed by atoms with E-state index in [-0.39, 0.29) is 45.2 Å². The molecule has 4 aromatic rings. The van der Waals surface area contributed by atoms with Gasteiger partial charge in [0.2, 0.25) is 5.88 Å². The number of nitriles is 1. The zero-order chi connectivity index (χ0) is 33.5. The van der Waals surface area contributed by atoms with Gasteiger partial charge in [0.1, 0.15) is 35.6 Å². The number of esters is 1. The van der Waals surface area contributed by atoms with Crippen molar-refractivity contribution in [3.05, 3.63) is 122 Å². The van der Waals surface area contributed by atoms with E-state index in [0.717, 1.165) is 12.8 Å². The quantitative estimate of drug-likeness (QED) is 0.0900. The van der Waals surface area contributed by atoms with Gasteiger partial charge in [-0.25, -0.2) is 9.18 Å². The third-order valence-corrected chi connectivity index (χ3v) is 7.88. The average Bonchev–Trinajstić information content (AvgIpc) is 3.05. The Balaban J connectivity index is 1.40. The number of fused-ring (bicyclic) bond motifs is 1. The van der Waals surface area contributed by atoms with Gasteiger partial charge < -0.3 is 29.4 Å². The van der Waals surface area contributed by atoms with Gasteiger partial charge in [-0.05, 0) is 55.3 Å². The van der Waals surface area contributed by atoms with Crippen LogP contribution in [0.4, 0.5) is 4.39 Å². The fourth-order valence-corrected chi connectivity index (χ4v) is 5.60. The molecule has 5 rings (SSSR count). The maximum absolute atomic E-state index is 14.2. The van der Waals surface area contributed by atoms with Gasteiger partial charge in [0.15, 0.2) is 17.2 Å². The van der Waals surface area contributed by atoms with Gasteiger partial charge in [-0.2, -0.15) is 5.26 Å². The van der Waals surface area contributed by atoms with E-state index in [0.29, 0.717) is 52.9 Å². The predicted octanol–water partition coefficient (Wildman–Crippen LogP) is 8.73. The van der Waals surface area contributed by atoms with Gasteiger partial charge in [0.25, 0.3) is 0 Å². The number of carbonyl (C=O) groups excluding carboxylic acids is 1. The largest absolute Gasteiger partial charge is 0.490 e. The number of nitrogens with two attached hydrogens (primary N) is 1. The van der Waals surface area contributed by atoms with Gasteiger partial charge in [-0.1, -0.05) is 66.9 Å². The zero-order valence-electron chi connectivity index (χ0n) is 25.6. The lowest BCUT2D eigenvalue weighted by Crippen LogP contribution is -2.21. The number of carbonyl (C=O) groups is 1. The molecule has 0 amide bonds. The van der Waals surface area contributed by atoms with E-state index in [2.05, 4.69) is 6.07 Å². The van der Waals surface area contributed by atoms with E-state index in [4.69, 9.17) is 52.6 Å². The minimum atomic E-state index is -0.699. The summed E-state index contributed by atoms with van der Waals surface area (Å²) in [6.45, 7) is 4.65. The maximum atomic E-state index is 14.2. The first-order chi connectivity index (χ1) is 22.7. The molecule has 11 heteroatoms. The molecule has 0 radical (unpaired) electrons. The van der Waals surface area contributed by atoms with Gasteiger partial charge in [-0.3, -0.25) is 0 Å². The molecular weight excluding hydrogens is 646 g/mol. The summed E-state index contributed by atoms with van der Waals surface area (Å²) < 4.78 is 43.0. The highest BCUT2D eigenvalue weighted by Crippen LogP contribution is 2.45. The van der Waals surface area contributed by atoms with Gasteiger partial charge in [-0.15, -0.1) is 0 Å². The third kappa shape index (κ3) is 7.57. The number of ether oxygens (including phenoxy) is 5. The highest BCUT2D eigenvalue weighted by atomic mass is 35.5. The van der Waals surface area contributed by atoms with Gasteiger partial charge >= 0.3 is 5.97 Å². The lowest BCUT2D eigenvalue weighted by atomic mass is 9.83. The predicted molar refractivity (Wildman–Crippen MR) is 176 cm³/mol. The molecule has 1 atom stereocenters. The molecule has 0 saturated carbocycles. The highest BCUT2D eigenvalue weighted by Gasteiger charge is 2.32. The Labute approximate surface area is 282 Å². The van der Waals surface area contributed by atoms with Gasteiger partial charge in [0, 0.05) is 17.2 Å². The van der Waals surface area contributed by atoms with Crippen molar-refractivity contribution in [2.24, 2.45) is 5.73 Å². The molecule has 4 aromatic carbocycles. The first-order valence-corrected chi connectivity index (χ1v) is 15.7. The fraction of sp³-hybridized carbons (Fsp3) is 0.222. The standard InChI is InChI=1S/C36H31Cl2FN2O6/c1-3-5-14-44-34-27(37)15-23(16-28(34)38)36(42)46-24-11-12-25-31(18-24)47-35(41)26(19-40)33(25)21-10-13-30(32(17-21)43-4-2)45-20-22-8-6-7-9-29(22)39/h6-13,15-18,33H,3-5,14,20,41H2,1-2H3. The van der Waals surface area contributed by atoms with E-state index in [1.165, 1.54) is 24.3 Å². The Morgan fingerprint density at radius 1 is 0.979 bits per heavy atom. The molecule has 0 spiro atoms. The number of benzene rings is 4. The van der Waals surface area contributed by atoms with Crippen molar-refractivity contribution in [2.75, 3.05) is 13.2 Å². The molecule has 0 aliphatic carbocycles. The van der Waals surface area contributed by atoms with E-state index in [1.807, 2.05) is 13.8 Å². The van der Waals surface area contributed by atoms with Crippen molar-refractivity contribution in [1.29, 1.82) is 5.26 Å². The zero-order valence-corrected chi connectivity index (χ0v) is 27.2. The average molecular weight is 678 g/mol. The van der Waals surface area contributed by atoms with Crippen LogP contribution in [0.15, 0.2) is 84.3 Å². The summed E-state index contributed by atoms with van der Waals surface area (Å²) in [7, 11) is 0. The first kappa shape index (κ1) is 33.5. The van der Waals surface area contributed by atoms with E-state index in [1.54, 1.807) is 48.5 Å². The van der Waals surface area contributed by atoms with Crippen LogP contribution in [0.25, 0.3) is 0 Å². The Kier molecular flexibility index (Phi) is 10.8. The topological polar surface area (TPSA) is 113 Å². The molecule has 1 aliphatic rings. The summed E-state index contributed by atoms with van der Waals surface area (Å²) in [4.78, 5) is 13.1. The maximum Gasteiger partial charge on any atom is 0.343 e. The molecule has 0 bridgehead atoms. The van der Waals surface area contributed by atoms with Crippen molar-refractivity contribution in [3.63, 3.8) is 0 Å². The number of halogens is 3. The molecule has 1 heterocycles. The molecule has 8 nitrogen and oxygen atoms in total. The molecule has 1 aliphatic heterocycles. The minimum absolute atomic E-state index is 0.000714. The first-order valence-electron chi connectivity index (χ1n) is 14.9. The molecular formula is C36H31Cl2FN2O6. The lowest BCUT2D eigenvalue weighted by molar-refractivity contribution is 0.0734. The van der Waals surface area contributed by atoms with Crippen LogP contribution in [0, 0.1) is 17.1 Å². The van der Waals surface area contributed by atoms with Crippen molar-refractivity contribution in [1.82, 2.24) is 0 Å². The molecule has 0 saturated heterocycles. The number of rotatable bonds is 12. The normalized spacial score (nSPS) is 13.7. The fourth-order valence-electron chi connectivity index (χ4n) is 5.01. The SMILES string of the molecule is CCCCOc1c(Cl)cc(C(=O)Oc2ccc3c(c2)OC(N)=C(C#N)C3c2ccc(OCc3ccccc3F)c(OCC)c2)cc1Cl. The van der Waals surface area contributed by atoms with E-state index >= 15 is 0 Å². The Bertz CT molecular complexity index is 1850. The van der Waals surface area contributed by atoms with Crippen LogP contribution in [0.5, 0.6) is 28.7 Å². The summed E-state index contributed by atoms with van der Waals surface area (Å²) in [5.74, 6) is -0.208. The molecule has 0 fully saturated rings. The smallest absolute Gasteiger partial charge is 0.343 e. The van der Waals surface area contributed by atoms with Crippen LogP contribution < -0.4 is 29.4 Å². The van der Waals surface area contributed by atoms with Crippen molar-refractivity contribution >= 4 is 29.2 Å². The van der Waals surface area contributed by atoms with Crippen LogP contribution in [-0.4, -0.2) is 19.2 Å². The number of allylic oxidation sites excluding steroid dienone is 1. The van der Waals surface area contributed by atoms with E-state index in [9.17, 15) is 14.4 Å².